The van der Waals surface area contributed by atoms with E-state index in [0.29, 0.717) is 16.9 Å². The summed E-state index contributed by atoms with van der Waals surface area (Å²) in [5.41, 5.74) is 0.915. The predicted octanol–water partition coefficient (Wildman–Crippen LogP) is 1.70. The number of benzene rings is 1. The van der Waals surface area contributed by atoms with E-state index >= 15 is 0 Å². The Hall–Kier alpha value is -2.69. The average molecular weight is 270 g/mol. The van der Waals surface area contributed by atoms with Gasteiger partial charge < -0.3 is 10.1 Å². The highest BCUT2D eigenvalue weighted by atomic mass is 16.5. The zero-order chi connectivity index (χ0) is 14.4. The van der Waals surface area contributed by atoms with Crippen LogP contribution in [0, 0.1) is 0 Å². The van der Waals surface area contributed by atoms with Crippen molar-refractivity contribution in [3.63, 3.8) is 0 Å². The standard InChI is InChI=1S/C15H14N2O3/c1-20-14-10-16-8-7-12(14)15(19)17-9-13(18)11-5-3-2-4-6-11/h2-8,10H,9H2,1H3,(H,17,19). The van der Waals surface area contributed by atoms with Crippen LogP contribution < -0.4 is 10.1 Å². The third-order valence-corrected chi connectivity index (χ3v) is 2.75. The first kappa shape index (κ1) is 13.7. The van der Waals surface area contributed by atoms with Crippen LogP contribution >= 0.6 is 0 Å². The molecule has 0 aliphatic heterocycles. The van der Waals surface area contributed by atoms with Crippen molar-refractivity contribution < 1.29 is 14.3 Å². The van der Waals surface area contributed by atoms with E-state index in [2.05, 4.69) is 10.3 Å². The zero-order valence-electron chi connectivity index (χ0n) is 11.0. The molecule has 2 aromatic rings. The molecule has 1 heterocycles. The molecule has 0 spiro atoms. The van der Waals surface area contributed by atoms with Crippen LogP contribution in [0.3, 0.4) is 0 Å². The number of hydrogen-bond acceptors (Lipinski definition) is 4. The molecule has 0 atom stereocenters. The Morgan fingerprint density at radius 3 is 2.65 bits per heavy atom. The molecule has 0 bridgehead atoms. The number of nitrogens with one attached hydrogen (secondary N) is 1. The minimum absolute atomic E-state index is 0.0612. The van der Waals surface area contributed by atoms with Gasteiger partial charge in [0.15, 0.2) is 5.78 Å². The summed E-state index contributed by atoms with van der Waals surface area (Å²) in [6.45, 7) is -0.0612. The van der Waals surface area contributed by atoms with Crippen molar-refractivity contribution in [1.82, 2.24) is 10.3 Å². The fourth-order valence-corrected chi connectivity index (χ4v) is 1.71. The van der Waals surface area contributed by atoms with Gasteiger partial charge in [-0.25, -0.2) is 0 Å². The van der Waals surface area contributed by atoms with Gasteiger partial charge in [0.2, 0.25) is 0 Å². The van der Waals surface area contributed by atoms with Crippen molar-refractivity contribution in [2.75, 3.05) is 13.7 Å². The van der Waals surface area contributed by atoms with E-state index in [9.17, 15) is 9.59 Å². The molecule has 5 nitrogen and oxygen atoms in total. The molecule has 1 amide bonds. The molecule has 0 saturated heterocycles. The summed E-state index contributed by atoms with van der Waals surface area (Å²) >= 11 is 0. The van der Waals surface area contributed by atoms with Gasteiger partial charge in [-0.1, -0.05) is 30.3 Å². The van der Waals surface area contributed by atoms with E-state index in [1.165, 1.54) is 19.5 Å². The van der Waals surface area contributed by atoms with Crippen molar-refractivity contribution in [1.29, 1.82) is 0 Å². The number of carbonyl (C=O) groups excluding carboxylic acids is 2. The second-order valence-electron chi connectivity index (χ2n) is 4.05. The van der Waals surface area contributed by atoms with Gasteiger partial charge in [-0.05, 0) is 6.07 Å². The lowest BCUT2D eigenvalue weighted by Gasteiger charge is -2.08. The molecule has 1 aromatic heterocycles. The quantitative estimate of drug-likeness (QED) is 0.840. The molecule has 0 radical (unpaired) electrons. The topological polar surface area (TPSA) is 68.3 Å². The van der Waals surface area contributed by atoms with Gasteiger partial charge in [-0.15, -0.1) is 0 Å². The Bertz CT molecular complexity index is 612. The number of nitrogens with zero attached hydrogens (tertiary/aromatic N) is 1. The Morgan fingerprint density at radius 1 is 1.20 bits per heavy atom. The highest BCUT2D eigenvalue weighted by Crippen LogP contribution is 2.15. The molecule has 0 unspecified atom stereocenters. The Morgan fingerprint density at radius 2 is 1.95 bits per heavy atom. The molecule has 102 valence electrons. The number of pyridine rings is 1. The van der Waals surface area contributed by atoms with E-state index in [0.717, 1.165) is 0 Å². The predicted molar refractivity (Wildman–Crippen MR) is 73.9 cm³/mol. The van der Waals surface area contributed by atoms with E-state index in [-0.39, 0.29) is 18.2 Å². The smallest absolute Gasteiger partial charge is 0.255 e. The van der Waals surface area contributed by atoms with Crippen LogP contribution in [0.2, 0.25) is 0 Å². The lowest BCUT2D eigenvalue weighted by Crippen LogP contribution is -2.29. The van der Waals surface area contributed by atoms with Crippen molar-refractivity contribution in [3.05, 3.63) is 59.9 Å². The number of Topliss-reactive ketones (excluding diaryl/α,β-unsaturated/α-hetero) is 1. The SMILES string of the molecule is COc1cnccc1C(=O)NCC(=O)c1ccccc1. The first-order chi connectivity index (χ1) is 9.72. The zero-order valence-corrected chi connectivity index (χ0v) is 11.0. The van der Waals surface area contributed by atoms with Crippen LogP contribution in [0.4, 0.5) is 0 Å². The van der Waals surface area contributed by atoms with Crippen LogP contribution in [-0.4, -0.2) is 30.3 Å². The Kier molecular flexibility index (Phi) is 4.44. The Labute approximate surface area is 116 Å². The molecular formula is C15H14N2O3. The van der Waals surface area contributed by atoms with E-state index in [4.69, 9.17) is 4.74 Å². The minimum atomic E-state index is -0.367. The summed E-state index contributed by atoms with van der Waals surface area (Å²) in [5.74, 6) is -0.141. The van der Waals surface area contributed by atoms with E-state index in [1.54, 1.807) is 30.3 Å². The highest BCUT2D eigenvalue weighted by molar-refractivity contribution is 6.02. The van der Waals surface area contributed by atoms with Crippen molar-refractivity contribution in [2.45, 2.75) is 0 Å². The van der Waals surface area contributed by atoms with Crippen LogP contribution in [0.15, 0.2) is 48.8 Å². The van der Waals surface area contributed by atoms with Crippen molar-refractivity contribution >= 4 is 11.7 Å². The lowest BCUT2D eigenvalue weighted by atomic mass is 10.1. The fourth-order valence-electron chi connectivity index (χ4n) is 1.71. The molecule has 1 N–H and O–H groups in total. The molecule has 2 rings (SSSR count). The third-order valence-electron chi connectivity index (χ3n) is 2.75. The number of rotatable bonds is 5. The number of methoxy groups -OCH3 is 1. The number of amides is 1. The van der Waals surface area contributed by atoms with E-state index < -0.39 is 0 Å². The first-order valence-electron chi connectivity index (χ1n) is 6.07. The van der Waals surface area contributed by atoms with E-state index in [1.807, 2.05) is 6.07 Å². The van der Waals surface area contributed by atoms with Gasteiger partial charge in [0.1, 0.15) is 5.75 Å². The molecule has 5 heteroatoms. The van der Waals surface area contributed by atoms with Gasteiger partial charge >= 0.3 is 0 Å². The molecule has 0 aliphatic rings. The minimum Gasteiger partial charge on any atom is -0.494 e. The molecule has 0 aliphatic carbocycles. The summed E-state index contributed by atoms with van der Waals surface area (Å²) in [4.78, 5) is 27.7. The largest absolute Gasteiger partial charge is 0.494 e. The average Bonchev–Trinajstić information content (AvgIpc) is 2.53. The van der Waals surface area contributed by atoms with Crippen LogP contribution in [0.25, 0.3) is 0 Å². The van der Waals surface area contributed by atoms with Gasteiger partial charge in [0, 0.05) is 11.8 Å². The molecule has 0 fully saturated rings. The van der Waals surface area contributed by atoms with Crippen LogP contribution in [0.5, 0.6) is 5.75 Å². The maximum atomic E-state index is 12.0. The number of carbonyl (C=O) groups is 2. The summed E-state index contributed by atoms with van der Waals surface area (Å²) in [6.07, 6.45) is 2.95. The second kappa shape index (κ2) is 6.47. The third kappa shape index (κ3) is 3.20. The number of hydrogen-bond donors (Lipinski definition) is 1. The van der Waals surface area contributed by atoms with Gasteiger partial charge in [-0.3, -0.25) is 14.6 Å². The molecule has 0 saturated carbocycles. The molecule has 1 aromatic carbocycles. The maximum Gasteiger partial charge on any atom is 0.255 e. The van der Waals surface area contributed by atoms with Gasteiger partial charge in [0.05, 0.1) is 25.4 Å². The monoisotopic (exact) mass is 270 g/mol. The maximum absolute atomic E-state index is 12.0. The van der Waals surface area contributed by atoms with Crippen LogP contribution in [-0.2, 0) is 0 Å². The van der Waals surface area contributed by atoms with Crippen LogP contribution in [0.1, 0.15) is 20.7 Å². The highest BCUT2D eigenvalue weighted by Gasteiger charge is 2.13. The summed E-state index contributed by atoms with van der Waals surface area (Å²) < 4.78 is 5.05. The Balaban J connectivity index is 2.01. The number of ether oxygens (including phenoxy) is 1. The molecule has 20 heavy (non-hydrogen) atoms. The molecular weight excluding hydrogens is 256 g/mol. The van der Waals surface area contributed by atoms with Gasteiger partial charge in [0.25, 0.3) is 5.91 Å². The first-order valence-corrected chi connectivity index (χ1v) is 6.07. The van der Waals surface area contributed by atoms with Gasteiger partial charge in [-0.2, -0.15) is 0 Å². The number of ketones is 1. The summed E-state index contributed by atoms with van der Waals surface area (Å²) in [7, 11) is 1.46. The number of aromatic nitrogens is 1. The lowest BCUT2D eigenvalue weighted by molar-refractivity contribution is 0.0902. The normalized spacial score (nSPS) is 9.85. The van der Waals surface area contributed by atoms with Crippen molar-refractivity contribution in [3.8, 4) is 5.75 Å². The van der Waals surface area contributed by atoms with Crippen molar-refractivity contribution in [2.24, 2.45) is 0 Å². The summed E-state index contributed by atoms with van der Waals surface area (Å²) in [6, 6.07) is 10.4. The second-order valence-corrected chi connectivity index (χ2v) is 4.05. The fraction of sp³-hybridized carbons (Fsp3) is 0.133. The summed E-state index contributed by atoms with van der Waals surface area (Å²) in [5, 5.41) is 2.58.